The molecule has 3 rings (SSSR count). The van der Waals surface area contributed by atoms with Crippen LogP contribution in [0, 0.1) is 6.92 Å². The van der Waals surface area contributed by atoms with Crippen molar-refractivity contribution in [3.8, 4) is 11.1 Å². The molecule has 1 heterocycles. The minimum absolute atomic E-state index is 0.0262. The van der Waals surface area contributed by atoms with Gasteiger partial charge < -0.3 is 19.7 Å². The van der Waals surface area contributed by atoms with E-state index < -0.39 is 36.9 Å². The Kier molecular flexibility index (Phi) is 7.68. The molecule has 6 nitrogen and oxygen atoms in total. The van der Waals surface area contributed by atoms with Crippen LogP contribution in [0.3, 0.4) is 0 Å². The fourth-order valence-electron chi connectivity index (χ4n) is 3.91. The van der Waals surface area contributed by atoms with Gasteiger partial charge in [0.25, 0.3) is 5.91 Å². The predicted molar refractivity (Wildman–Crippen MR) is 121 cm³/mol. The van der Waals surface area contributed by atoms with Crippen molar-refractivity contribution in [3.63, 3.8) is 0 Å². The van der Waals surface area contributed by atoms with Gasteiger partial charge in [-0.2, -0.15) is 13.2 Å². The van der Waals surface area contributed by atoms with Crippen LogP contribution in [0.25, 0.3) is 11.1 Å². The van der Waals surface area contributed by atoms with Crippen LogP contribution in [0.15, 0.2) is 54.6 Å². The van der Waals surface area contributed by atoms with Crippen LogP contribution in [0.5, 0.6) is 0 Å². The monoisotopic (exact) mass is 494 g/mol. The van der Waals surface area contributed by atoms with Crippen LogP contribution in [0.1, 0.15) is 27.3 Å². The molecule has 1 aromatic heterocycles. The Hall–Kier alpha value is -3.30. The highest BCUT2D eigenvalue weighted by Gasteiger charge is 2.41. The lowest BCUT2D eigenvalue weighted by Crippen LogP contribution is -2.39. The summed E-state index contributed by atoms with van der Waals surface area (Å²) in [5.41, 5.74) is -0.630. The van der Waals surface area contributed by atoms with Crippen molar-refractivity contribution >= 4 is 23.5 Å². The van der Waals surface area contributed by atoms with Gasteiger partial charge in [-0.3, -0.25) is 9.59 Å². The first-order valence-electron chi connectivity index (χ1n) is 10.3. The lowest BCUT2D eigenvalue weighted by atomic mass is 10.00. The lowest BCUT2D eigenvalue weighted by Gasteiger charge is -2.23. The maximum Gasteiger partial charge on any atom is 0.431 e. The SMILES string of the molecule is Cc1c(-c2ccc(Cl)cc2)c(C(=O)N(CCO)CC(=O)O)n(Cc2ccccc2)c1C(F)(F)F. The maximum atomic E-state index is 14.3. The number of carbonyl (C=O) groups excluding carboxylic acids is 1. The van der Waals surface area contributed by atoms with Gasteiger partial charge in [-0.15, -0.1) is 0 Å². The Morgan fingerprint density at radius 1 is 1.06 bits per heavy atom. The van der Waals surface area contributed by atoms with Crippen molar-refractivity contribution < 1.29 is 33.0 Å². The van der Waals surface area contributed by atoms with E-state index in [-0.39, 0.29) is 29.9 Å². The fourth-order valence-corrected chi connectivity index (χ4v) is 4.04. The molecule has 0 radical (unpaired) electrons. The van der Waals surface area contributed by atoms with Crippen molar-refractivity contribution in [2.24, 2.45) is 0 Å². The molecule has 0 aliphatic rings. The third-order valence-corrected chi connectivity index (χ3v) is 5.53. The quantitative estimate of drug-likeness (QED) is 0.475. The van der Waals surface area contributed by atoms with Gasteiger partial charge in [0.2, 0.25) is 0 Å². The molecule has 34 heavy (non-hydrogen) atoms. The highest BCUT2D eigenvalue weighted by Crippen LogP contribution is 2.42. The second kappa shape index (κ2) is 10.3. The number of carboxylic acid groups (broad SMARTS) is 1. The Morgan fingerprint density at radius 2 is 1.68 bits per heavy atom. The van der Waals surface area contributed by atoms with Gasteiger partial charge in [0, 0.05) is 23.7 Å². The zero-order valence-corrected chi connectivity index (χ0v) is 18.9. The fraction of sp³-hybridized carbons (Fsp3) is 0.250. The molecule has 2 N–H and O–H groups in total. The standard InChI is InChI=1S/C24H22ClF3N2O4/c1-15-20(17-7-9-18(25)10-8-17)21(23(34)29(11-12-31)14-19(32)33)30(22(15)24(26,27)28)13-16-5-3-2-4-6-16/h2-10,31H,11-14H2,1H3,(H,32,33). The Labute approximate surface area is 198 Å². The van der Waals surface area contributed by atoms with Crippen LogP contribution < -0.4 is 0 Å². The molecule has 0 bridgehead atoms. The number of aliphatic hydroxyl groups excluding tert-OH is 1. The van der Waals surface area contributed by atoms with Gasteiger partial charge in [0.05, 0.1) is 6.61 Å². The maximum absolute atomic E-state index is 14.3. The van der Waals surface area contributed by atoms with E-state index in [0.29, 0.717) is 16.1 Å². The number of carboxylic acids is 1. The van der Waals surface area contributed by atoms with E-state index in [9.17, 15) is 33.0 Å². The van der Waals surface area contributed by atoms with Crippen molar-refractivity contribution in [1.29, 1.82) is 0 Å². The number of benzene rings is 2. The minimum Gasteiger partial charge on any atom is -0.480 e. The van der Waals surface area contributed by atoms with Gasteiger partial charge >= 0.3 is 12.1 Å². The van der Waals surface area contributed by atoms with Gasteiger partial charge in [-0.05, 0) is 35.7 Å². The predicted octanol–water partition coefficient (Wildman–Crippen LogP) is 4.70. The number of aromatic nitrogens is 1. The number of carbonyl (C=O) groups is 2. The summed E-state index contributed by atoms with van der Waals surface area (Å²) in [4.78, 5) is 25.7. The first-order chi connectivity index (χ1) is 16.0. The zero-order valence-electron chi connectivity index (χ0n) is 18.1. The molecular weight excluding hydrogens is 473 g/mol. The smallest absolute Gasteiger partial charge is 0.431 e. The average Bonchev–Trinajstić information content (AvgIpc) is 3.05. The van der Waals surface area contributed by atoms with E-state index >= 15 is 0 Å². The normalized spacial score (nSPS) is 11.5. The molecule has 1 amide bonds. The molecule has 0 aliphatic carbocycles. The molecule has 0 saturated heterocycles. The molecule has 0 aliphatic heterocycles. The number of halogens is 4. The molecule has 180 valence electrons. The second-order valence-corrected chi connectivity index (χ2v) is 8.05. The first-order valence-corrected chi connectivity index (χ1v) is 10.6. The van der Waals surface area contributed by atoms with Gasteiger partial charge in [-0.25, -0.2) is 0 Å². The number of aliphatic hydroxyl groups is 1. The highest BCUT2D eigenvalue weighted by atomic mass is 35.5. The van der Waals surface area contributed by atoms with E-state index in [4.69, 9.17) is 11.6 Å². The number of nitrogens with zero attached hydrogens (tertiary/aromatic N) is 2. The van der Waals surface area contributed by atoms with Crippen LogP contribution in [0.2, 0.25) is 5.02 Å². The van der Waals surface area contributed by atoms with E-state index in [1.807, 2.05) is 0 Å². The summed E-state index contributed by atoms with van der Waals surface area (Å²) in [5.74, 6) is -2.29. The second-order valence-electron chi connectivity index (χ2n) is 7.62. The van der Waals surface area contributed by atoms with Crippen molar-refractivity contribution in [1.82, 2.24) is 9.47 Å². The van der Waals surface area contributed by atoms with Gasteiger partial charge in [-0.1, -0.05) is 54.1 Å². The van der Waals surface area contributed by atoms with Crippen LogP contribution >= 0.6 is 11.6 Å². The summed E-state index contributed by atoms with van der Waals surface area (Å²) in [6.07, 6.45) is -4.80. The number of alkyl halides is 3. The first kappa shape index (κ1) is 25.3. The van der Waals surface area contributed by atoms with E-state index in [2.05, 4.69) is 0 Å². The molecule has 0 spiro atoms. The number of aliphatic carboxylic acids is 1. The topological polar surface area (TPSA) is 82.8 Å². The number of amides is 1. The van der Waals surface area contributed by atoms with Crippen LogP contribution in [-0.4, -0.2) is 51.3 Å². The lowest BCUT2D eigenvalue weighted by molar-refractivity contribution is -0.144. The van der Waals surface area contributed by atoms with Crippen molar-refractivity contribution in [2.75, 3.05) is 19.7 Å². The molecule has 0 atom stereocenters. The third kappa shape index (κ3) is 5.43. The number of rotatable bonds is 8. The molecule has 0 unspecified atom stereocenters. The minimum atomic E-state index is -4.80. The zero-order chi connectivity index (χ0) is 25.0. The molecule has 0 fully saturated rings. The summed E-state index contributed by atoms with van der Waals surface area (Å²) in [5, 5.41) is 19.0. The van der Waals surface area contributed by atoms with E-state index in [0.717, 1.165) is 9.47 Å². The van der Waals surface area contributed by atoms with Gasteiger partial charge in [0.1, 0.15) is 17.9 Å². The summed E-state index contributed by atoms with van der Waals surface area (Å²) < 4.78 is 43.8. The summed E-state index contributed by atoms with van der Waals surface area (Å²) in [6.45, 7) is -0.692. The summed E-state index contributed by atoms with van der Waals surface area (Å²) >= 11 is 5.95. The number of hydrogen-bond acceptors (Lipinski definition) is 3. The highest BCUT2D eigenvalue weighted by molar-refractivity contribution is 6.30. The molecule has 3 aromatic rings. The van der Waals surface area contributed by atoms with E-state index in [1.165, 1.54) is 31.2 Å². The van der Waals surface area contributed by atoms with E-state index in [1.54, 1.807) is 30.3 Å². The van der Waals surface area contributed by atoms with Gasteiger partial charge in [0.15, 0.2) is 0 Å². The van der Waals surface area contributed by atoms with Crippen molar-refractivity contribution in [2.45, 2.75) is 19.6 Å². The largest absolute Gasteiger partial charge is 0.480 e. The number of hydrogen-bond donors (Lipinski definition) is 2. The van der Waals surface area contributed by atoms with Crippen LogP contribution in [0.4, 0.5) is 13.2 Å². The summed E-state index contributed by atoms with van der Waals surface area (Å²) in [6, 6.07) is 14.3. The molecule has 0 saturated carbocycles. The van der Waals surface area contributed by atoms with Crippen molar-refractivity contribution in [3.05, 3.63) is 82.1 Å². The molecular formula is C24H22ClF3N2O4. The molecule has 2 aromatic carbocycles. The third-order valence-electron chi connectivity index (χ3n) is 5.28. The Balaban J connectivity index is 2.35. The Morgan fingerprint density at radius 3 is 2.21 bits per heavy atom. The summed E-state index contributed by atoms with van der Waals surface area (Å²) in [7, 11) is 0. The Bertz CT molecular complexity index is 1180. The molecule has 10 heteroatoms. The van der Waals surface area contributed by atoms with Crippen LogP contribution in [-0.2, 0) is 17.5 Å². The average molecular weight is 495 g/mol.